The number of aryl methyl sites for hydroxylation is 3. The number of hydrogen-bond donors (Lipinski definition) is 10. The minimum atomic E-state index is 0. The molecule has 0 spiro atoms. The highest BCUT2D eigenvalue weighted by atomic mass is 35.5. The highest BCUT2D eigenvalue weighted by molar-refractivity contribution is 7.60. The Labute approximate surface area is 836 Å². The summed E-state index contributed by atoms with van der Waals surface area (Å²) >= 11 is 6.30. The molecule has 708 valence electrons. The van der Waals surface area contributed by atoms with Crippen LogP contribution < -0.4 is 74.4 Å². The molecule has 0 unspecified atom stereocenters. The molecule has 15 N–H and O–H groups in total. The number of fused-ring (bicyclic) bond motifs is 6. The van der Waals surface area contributed by atoms with Gasteiger partial charge in [-0.05, 0) is 153 Å². The van der Waals surface area contributed by atoms with Crippen molar-refractivity contribution in [1.82, 2.24) is 92.8 Å². The normalized spacial score (nSPS) is 20.0. The molecule has 1 saturated heterocycles. The summed E-state index contributed by atoms with van der Waals surface area (Å²) < 4.78 is 25.1. The Morgan fingerprint density at radius 2 is 0.794 bits per heavy atom. The van der Waals surface area contributed by atoms with Gasteiger partial charge in [-0.2, -0.15) is 183 Å². The minimum Gasteiger partial charge on any atom is -0.481 e. The monoisotopic (exact) mass is 1990 g/mol. The van der Waals surface area contributed by atoms with Crippen LogP contribution in [0.25, 0.3) is 73.3 Å². The third-order valence-electron chi connectivity index (χ3n) is 23.3. The number of halogens is 1. The van der Waals surface area contributed by atoms with Crippen molar-refractivity contribution in [3.8, 4) is 62.4 Å². The van der Waals surface area contributed by atoms with Crippen molar-refractivity contribution in [2.75, 3.05) is 72.1 Å². The van der Waals surface area contributed by atoms with E-state index in [-0.39, 0.29) is 172 Å². The second kappa shape index (κ2) is 49.3. The molecular formula is C86H123ClN30O4S10. The van der Waals surface area contributed by atoms with Gasteiger partial charge < -0.3 is 79.3 Å². The van der Waals surface area contributed by atoms with Gasteiger partial charge in [0, 0.05) is 182 Å². The predicted molar refractivity (Wildman–Crippen MR) is 572 cm³/mol. The van der Waals surface area contributed by atoms with Crippen LogP contribution in [-0.4, -0.2) is 200 Å². The van der Waals surface area contributed by atoms with Crippen molar-refractivity contribution < 1.29 is 19.0 Å². The van der Waals surface area contributed by atoms with Gasteiger partial charge in [0.2, 0.25) is 18.6 Å². The number of carbonyl (C=O) groups excluding carboxylic acids is 1. The van der Waals surface area contributed by atoms with Crippen LogP contribution in [0.4, 0.5) is 34.9 Å². The van der Waals surface area contributed by atoms with Crippen LogP contribution in [0.15, 0.2) is 153 Å². The molecule has 2 aromatic carbocycles. The molecule has 6 fully saturated rings. The number of benzene rings is 2. The quantitative estimate of drug-likeness (QED) is 0.0429. The van der Waals surface area contributed by atoms with E-state index in [1.807, 2.05) is 116 Å². The number of aromatic nitrogens is 18. The maximum atomic E-state index is 12.0. The smallest absolute Gasteiger partial charge is 0.241 e. The van der Waals surface area contributed by atoms with Crippen LogP contribution in [0.1, 0.15) is 113 Å². The van der Waals surface area contributed by atoms with E-state index in [9.17, 15) is 4.79 Å². The average molecular weight is 2000 g/mol. The first-order chi connectivity index (χ1) is 58.8. The third-order valence-corrected chi connectivity index (χ3v) is 23.5. The lowest BCUT2D eigenvalue weighted by atomic mass is 10.0. The van der Waals surface area contributed by atoms with Gasteiger partial charge in [0.05, 0.1) is 67.4 Å². The third kappa shape index (κ3) is 26.4. The van der Waals surface area contributed by atoms with Crippen LogP contribution >= 0.6 is 147 Å². The number of ether oxygens (including phenoxy) is 3. The van der Waals surface area contributed by atoms with Crippen LogP contribution in [0.5, 0.6) is 17.4 Å². The van der Waals surface area contributed by atoms with Crippen LogP contribution in [0.3, 0.4) is 0 Å². The molecule has 0 radical (unpaired) electrons. The van der Waals surface area contributed by atoms with E-state index < -0.39 is 0 Å². The number of piperazine rings is 1. The van der Waals surface area contributed by atoms with Crippen LogP contribution in [-0.2, 0) is 4.79 Å². The maximum absolute atomic E-state index is 12.0. The Morgan fingerprint density at radius 1 is 0.397 bits per heavy atom. The van der Waals surface area contributed by atoms with E-state index in [1.165, 1.54) is 11.1 Å². The number of pyridine rings is 1. The molecule has 2 aliphatic heterocycles. The van der Waals surface area contributed by atoms with Crippen molar-refractivity contribution >= 4 is 216 Å². The second-order valence-corrected chi connectivity index (χ2v) is 33.0. The molecule has 7 aliphatic rings. The van der Waals surface area contributed by atoms with Crippen molar-refractivity contribution in [2.24, 2.45) is 28.7 Å². The highest BCUT2D eigenvalue weighted by Gasteiger charge is 2.30. The van der Waals surface area contributed by atoms with Gasteiger partial charge in [0.15, 0.2) is 39.7 Å². The van der Waals surface area contributed by atoms with E-state index in [2.05, 4.69) is 125 Å². The fraction of sp³-hybridized carbons (Fsp3) is 0.395. The number of likely N-dealkylation sites (N-methyl/N-ethyl adjacent to an activating group) is 1. The van der Waals surface area contributed by atoms with E-state index in [0.29, 0.717) is 65.9 Å². The molecule has 14 heterocycles. The molecule has 45 heteroatoms. The largest absolute Gasteiger partial charge is 0.481 e. The number of amides is 1. The standard InChI is InChI=1S/C19H23N5.C18H18ClN5O2.C17H20N6O.C16H23N7O.C16H19N7.10H2S/c1-12-7-13(2)9-14(8-12)17-11-19(22-16-4-3-15(20)10-16)24-18(23-17)5-6-21-24;19-13-8-21-24-17(22-12-3-2-11(20)6-12)7-14(23-18(13)24)10-1-4-15-16(5-10)26-9-25-15;1-24-17-8-11(4-6-19-17)14-10-16(21-13-3-2-12(18)9-13)23-15(22-14)5-7-20-23;1-21-6-7-22(10-16(21)24)14-9-15(19-12-3-2-11(17)8-12)23-13(20-14)4-5-18-23;1-10-18-8-11(9-19-10)14-7-16(21-13-3-2-12(17)6-13)23-15(22-14)4-5-20-23;;;;;;;;;;/h5-9,11,15-16,22H,3-4,10,20H2,1-2H3;1,4-5,7-8,11-12,22H,2-3,6,9,20H2;4-8,10,12-13,21H,2-3,9,18H2,1H3;4-5,9,11-12,19H,2-3,6-8,10,17H2,1H3;4-5,7-9,12-13,21H,2-3,6,17H2,1H3;10*1H2/t15-,16-;11-,12-;12-,13-;11-,12-;12-,13-;;;;;;;;;;/m00000........../s1. The molecule has 5 saturated carbocycles. The lowest BCUT2D eigenvalue weighted by Crippen LogP contribution is -2.48. The molecule has 5 aliphatic carbocycles. The molecule has 131 heavy (non-hydrogen) atoms. The summed E-state index contributed by atoms with van der Waals surface area (Å²) in [6.07, 6.45) is 29.5. The summed E-state index contributed by atoms with van der Waals surface area (Å²) in [5.74, 6) is 8.32. The molecule has 10 atom stereocenters. The zero-order valence-corrected chi connectivity index (χ0v) is 84.2. The van der Waals surface area contributed by atoms with E-state index in [1.54, 1.807) is 66.1 Å². The molecule has 1 amide bonds. The number of hydrogen-bond acceptors (Lipinski definition) is 28. The summed E-state index contributed by atoms with van der Waals surface area (Å²) in [5, 5.41) is 40.2. The number of nitrogens with zero attached hydrogens (tertiary/aromatic N) is 20. The SMILES string of the molecule is CN1CCN(c2cc(N[C@H]3CC[C@H](N)C3)n3nccc3n2)CC1=O.COc1cc(-c2cc(N[C@H]3CC[C@H](N)C3)n3nccc3n2)ccn1.Cc1cc(C)cc(-c2cc(N[C@H]3CC[C@H](N)C3)n3nccc3n2)c1.Cc1ncc(-c2cc(N[C@H]3CC[C@H](N)C3)n3nccc3n2)cn1.N[C@H]1CC[C@H](Nc2cc(-c3ccc4c(c3)OCO4)nc3c(Cl)cnn23)C1.S.S.S.S.S.S.S.S.S.S. The summed E-state index contributed by atoms with van der Waals surface area (Å²) in [6, 6.07) is 37.0. The first-order valence-electron chi connectivity index (χ1n) is 41.6. The number of carbonyl (C=O) groups is 1. The van der Waals surface area contributed by atoms with Crippen LogP contribution in [0, 0.1) is 20.8 Å². The summed E-state index contributed by atoms with van der Waals surface area (Å²) in [6.45, 7) is 8.21. The van der Waals surface area contributed by atoms with Gasteiger partial charge in [-0.1, -0.05) is 28.8 Å². The van der Waals surface area contributed by atoms with E-state index in [4.69, 9.17) is 59.5 Å². The molecule has 12 aromatic heterocycles. The zero-order valence-electron chi connectivity index (χ0n) is 73.5. The number of anilines is 6. The van der Waals surface area contributed by atoms with Gasteiger partial charge in [-0.25, -0.2) is 39.9 Å². The predicted octanol–water partition coefficient (Wildman–Crippen LogP) is 11.7. The van der Waals surface area contributed by atoms with Gasteiger partial charge in [-0.3, -0.25) is 4.79 Å². The van der Waals surface area contributed by atoms with Gasteiger partial charge in [0.1, 0.15) is 45.8 Å². The Balaban J connectivity index is 0.000000220. The van der Waals surface area contributed by atoms with E-state index >= 15 is 0 Å². The van der Waals surface area contributed by atoms with Crippen molar-refractivity contribution in [3.05, 3.63) is 175 Å². The topological polar surface area (TPSA) is 431 Å². The average Bonchev–Trinajstić information content (AvgIpc) is 1.67. The minimum absolute atomic E-state index is 0. The Hall–Kier alpha value is -8.97. The lowest BCUT2D eigenvalue weighted by Gasteiger charge is -2.33. The highest BCUT2D eigenvalue weighted by Crippen LogP contribution is 2.39. The fourth-order valence-electron chi connectivity index (χ4n) is 17.0. The number of rotatable bonds is 16. The molecule has 0 bridgehead atoms. The maximum Gasteiger partial charge on any atom is 0.241 e. The van der Waals surface area contributed by atoms with Gasteiger partial charge in [0.25, 0.3) is 0 Å². The summed E-state index contributed by atoms with van der Waals surface area (Å²) in [7, 11) is 3.44. The first kappa shape index (κ1) is 109. The number of methoxy groups -OCH3 is 1. The van der Waals surface area contributed by atoms with Crippen LogP contribution in [0.2, 0.25) is 5.02 Å². The molecule has 34 nitrogen and oxygen atoms in total. The Morgan fingerprint density at radius 3 is 1.22 bits per heavy atom. The summed E-state index contributed by atoms with van der Waals surface area (Å²) in [5.41, 5.74) is 43.9. The van der Waals surface area contributed by atoms with E-state index in [0.717, 1.165) is 223 Å². The lowest BCUT2D eigenvalue weighted by molar-refractivity contribution is -0.129. The molecule has 14 aromatic rings. The fourth-order valence-corrected chi connectivity index (χ4v) is 17.1. The van der Waals surface area contributed by atoms with Crippen molar-refractivity contribution in [1.29, 1.82) is 0 Å². The van der Waals surface area contributed by atoms with Gasteiger partial charge >= 0.3 is 0 Å². The summed E-state index contributed by atoms with van der Waals surface area (Å²) in [4.78, 5) is 51.9. The second-order valence-electron chi connectivity index (χ2n) is 32.6. The number of nitrogens with one attached hydrogen (secondary N) is 5. The first-order valence-corrected chi connectivity index (χ1v) is 42.0. The Kier molecular flexibility index (Phi) is 41.1. The van der Waals surface area contributed by atoms with Crippen molar-refractivity contribution in [3.63, 3.8) is 0 Å². The number of nitrogens with two attached hydrogens (primary N) is 5. The molecule has 21 rings (SSSR count). The van der Waals surface area contributed by atoms with Crippen molar-refractivity contribution in [2.45, 2.75) is 178 Å². The Bertz CT molecular complexity index is 6020. The van der Waals surface area contributed by atoms with Gasteiger partial charge in [-0.15, -0.1) is 0 Å². The zero-order chi connectivity index (χ0) is 83.4. The molecular weight excluding hydrogens is 1870 g/mol.